The van der Waals surface area contributed by atoms with Crippen molar-refractivity contribution in [1.29, 1.82) is 0 Å². The molecule has 2 fully saturated rings. The molecule has 0 N–H and O–H groups in total. The van der Waals surface area contributed by atoms with Crippen LogP contribution in [0.3, 0.4) is 0 Å². The van der Waals surface area contributed by atoms with Gasteiger partial charge in [-0.25, -0.2) is 4.98 Å². The second-order valence-electron chi connectivity index (χ2n) is 5.45. The molecule has 0 bridgehead atoms. The predicted molar refractivity (Wildman–Crippen MR) is 70.8 cm³/mol. The highest BCUT2D eigenvalue weighted by Crippen LogP contribution is 2.40. The molecule has 2 aliphatic heterocycles. The fraction of sp³-hybridized carbons (Fsp3) is 0.643. The Hall–Kier alpha value is -1.73. The number of esters is 1. The summed E-state index contributed by atoms with van der Waals surface area (Å²) in [7, 11) is 0. The molecule has 7 heteroatoms. The van der Waals surface area contributed by atoms with E-state index in [4.69, 9.17) is 18.9 Å². The number of nitrogens with zero attached hydrogens (tertiary/aromatic N) is 2. The Morgan fingerprint density at radius 1 is 1.48 bits per heavy atom. The Bertz CT molecular complexity index is 552. The van der Waals surface area contributed by atoms with E-state index in [0.717, 1.165) is 0 Å². The van der Waals surface area contributed by atoms with E-state index < -0.39 is 11.7 Å². The van der Waals surface area contributed by atoms with Gasteiger partial charge >= 0.3 is 5.97 Å². The minimum atomic E-state index is -0.682. The van der Waals surface area contributed by atoms with E-state index in [9.17, 15) is 4.79 Å². The van der Waals surface area contributed by atoms with E-state index in [1.54, 1.807) is 19.2 Å². The van der Waals surface area contributed by atoms with Gasteiger partial charge < -0.3 is 18.9 Å². The average molecular weight is 294 g/mol. The van der Waals surface area contributed by atoms with Crippen LogP contribution < -0.4 is 4.74 Å². The molecule has 2 aliphatic rings. The first-order chi connectivity index (χ1) is 9.99. The van der Waals surface area contributed by atoms with E-state index in [-0.39, 0.29) is 18.2 Å². The van der Waals surface area contributed by atoms with Gasteiger partial charge in [0.05, 0.1) is 13.2 Å². The molecule has 0 saturated carbocycles. The molecule has 2 saturated heterocycles. The summed E-state index contributed by atoms with van der Waals surface area (Å²) >= 11 is 0. The number of carbonyl (C=O) groups excluding carboxylic acids is 1. The monoisotopic (exact) mass is 294 g/mol. The van der Waals surface area contributed by atoms with Gasteiger partial charge in [0.2, 0.25) is 5.88 Å². The largest absolute Gasteiger partial charge is 0.469 e. The van der Waals surface area contributed by atoms with Crippen LogP contribution in [0.2, 0.25) is 0 Å². The molecule has 0 spiro atoms. The van der Waals surface area contributed by atoms with Gasteiger partial charge in [0.15, 0.2) is 12.2 Å². The van der Waals surface area contributed by atoms with Crippen LogP contribution in [0.15, 0.2) is 12.3 Å². The fourth-order valence-electron chi connectivity index (χ4n) is 2.81. The van der Waals surface area contributed by atoms with Crippen LogP contribution in [0, 0.1) is 6.92 Å². The number of ether oxygens (including phenoxy) is 4. The lowest BCUT2D eigenvalue weighted by Gasteiger charge is -2.27. The third-order valence-corrected chi connectivity index (χ3v) is 3.86. The van der Waals surface area contributed by atoms with Gasteiger partial charge in [0.1, 0.15) is 17.5 Å². The van der Waals surface area contributed by atoms with Crippen molar-refractivity contribution in [1.82, 2.24) is 9.97 Å². The number of rotatable bonds is 3. The van der Waals surface area contributed by atoms with Gasteiger partial charge in [-0.05, 0) is 13.8 Å². The highest BCUT2D eigenvalue weighted by atomic mass is 16.7. The van der Waals surface area contributed by atoms with E-state index in [2.05, 4.69) is 9.97 Å². The number of hydrogen-bond donors (Lipinski definition) is 0. The topological polar surface area (TPSA) is 79.8 Å². The molecular formula is C14H18N2O5. The molecular weight excluding hydrogens is 276 g/mol. The van der Waals surface area contributed by atoms with Gasteiger partial charge in [-0.15, -0.1) is 0 Å². The third-order valence-electron chi connectivity index (χ3n) is 3.86. The van der Waals surface area contributed by atoms with Crippen LogP contribution in [0.25, 0.3) is 0 Å². The Morgan fingerprint density at radius 2 is 2.29 bits per heavy atom. The maximum Gasteiger partial charge on any atom is 0.303 e. The summed E-state index contributed by atoms with van der Waals surface area (Å²) in [6.45, 7) is 5.73. The molecule has 1 aromatic rings. The Labute approximate surface area is 122 Å². The highest BCUT2D eigenvalue weighted by Gasteiger charge is 2.59. The summed E-state index contributed by atoms with van der Waals surface area (Å²) in [6, 6.07) is 1.70. The van der Waals surface area contributed by atoms with Crippen molar-refractivity contribution < 1.29 is 23.7 Å². The van der Waals surface area contributed by atoms with Crippen molar-refractivity contribution in [2.75, 3.05) is 13.2 Å². The van der Waals surface area contributed by atoms with E-state index in [1.807, 2.05) is 6.92 Å². The second kappa shape index (κ2) is 5.23. The van der Waals surface area contributed by atoms with Gasteiger partial charge in [-0.2, -0.15) is 4.98 Å². The Kier molecular flexibility index (Phi) is 3.54. The first-order valence-electron chi connectivity index (χ1n) is 6.88. The maximum absolute atomic E-state index is 11.2. The molecule has 0 aliphatic carbocycles. The van der Waals surface area contributed by atoms with Crippen molar-refractivity contribution >= 4 is 5.97 Å². The standard InChI is InChI=1S/C14H18N2O5/c1-8-15-5-4-12(16-8)21-10-6-19-14(3)11(20-9(2)17)7-18-13(10)14/h4-5,10-11,13H,6-7H2,1-3H3/t10-,11-,13+,14+/m0/s1. The summed E-state index contributed by atoms with van der Waals surface area (Å²) in [4.78, 5) is 19.4. The summed E-state index contributed by atoms with van der Waals surface area (Å²) in [6.07, 6.45) is 0.645. The van der Waals surface area contributed by atoms with Crippen LogP contribution in [-0.4, -0.2) is 53.1 Å². The first kappa shape index (κ1) is 14.2. The molecule has 0 unspecified atom stereocenters. The van der Waals surface area contributed by atoms with Crippen LogP contribution in [0.1, 0.15) is 19.7 Å². The van der Waals surface area contributed by atoms with Crippen molar-refractivity contribution in [2.24, 2.45) is 0 Å². The molecule has 3 heterocycles. The smallest absolute Gasteiger partial charge is 0.303 e. The van der Waals surface area contributed by atoms with Crippen LogP contribution >= 0.6 is 0 Å². The second-order valence-corrected chi connectivity index (χ2v) is 5.45. The average Bonchev–Trinajstić information content (AvgIpc) is 2.88. The summed E-state index contributed by atoms with van der Waals surface area (Å²) in [5.41, 5.74) is -0.682. The molecule has 0 amide bonds. The minimum absolute atomic E-state index is 0.287. The quantitative estimate of drug-likeness (QED) is 0.757. The molecule has 21 heavy (non-hydrogen) atoms. The number of fused-ring (bicyclic) bond motifs is 1. The normalized spacial score (nSPS) is 34.5. The molecule has 114 valence electrons. The fourth-order valence-corrected chi connectivity index (χ4v) is 2.81. The van der Waals surface area contributed by atoms with Crippen molar-refractivity contribution in [3.63, 3.8) is 0 Å². The zero-order chi connectivity index (χ0) is 15.0. The Morgan fingerprint density at radius 3 is 3.00 bits per heavy atom. The maximum atomic E-state index is 11.2. The van der Waals surface area contributed by atoms with Gasteiger partial charge in [0.25, 0.3) is 0 Å². The molecule has 1 aromatic heterocycles. The van der Waals surface area contributed by atoms with E-state index in [0.29, 0.717) is 24.9 Å². The van der Waals surface area contributed by atoms with Crippen molar-refractivity contribution in [3.05, 3.63) is 18.1 Å². The van der Waals surface area contributed by atoms with E-state index in [1.165, 1.54) is 6.92 Å². The molecule has 3 rings (SSSR count). The van der Waals surface area contributed by atoms with Gasteiger partial charge in [-0.1, -0.05) is 0 Å². The zero-order valence-electron chi connectivity index (χ0n) is 12.2. The lowest BCUT2D eigenvalue weighted by atomic mass is 9.94. The molecule has 4 atom stereocenters. The highest BCUT2D eigenvalue weighted by molar-refractivity contribution is 5.66. The van der Waals surface area contributed by atoms with E-state index >= 15 is 0 Å². The van der Waals surface area contributed by atoms with Crippen LogP contribution in [0.5, 0.6) is 5.88 Å². The number of carbonyl (C=O) groups is 1. The predicted octanol–water partition coefficient (Wildman–Crippen LogP) is 0.652. The third kappa shape index (κ3) is 2.58. The number of hydrogen-bond acceptors (Lipinski definition) is 7. The lowest BCUT2D eigenvalue weighted by Crippen LogP contribution is -2.46. The molecule has 0 radical (unpaired) electrons. The molecule has 0 aromatic carbocycles. The molecule has 7 nitrogen and oxygen atoms in total. The zero-order valence-corrected chi connectivity index (χ0v) is 12.2. The minimum Gasteiger partial charge on any atom is -0.469 e. The SMILES string of the molecule is CC(=O)O[C@H]1CO[C@@H]2[C@@H](Oc3ccnc(C)n3)CO[C@]12C. The Balaban J connectivity index is 1.72. The summed E-state index contributed by atoms with van der Waals surface area (Å²) in [5, 5.41) is 0. The first-order valence-corrected chi connectivity index (χ1v) is 6.88. The summed E-state index contributed by atoms with van der Waals surface area (Å²) < 4.78 is 22.7. The van der Waals surface area contributed by atoms with Crippen LogP contribution in [-0.2, 0) is 19.0 Å². The lowest BCUT2D eigenvalue weighted by molar-refractivity contribution is -0.157. The van der Waals surface area contributed by atoms with Gasteiger partial charge in [-0.3, -0.25) is 4.79 Å². The summed E-state index contributed by atoms with van der Waals surface area (Å²) in [5.74, 6) is 0.782. The van der Waals surface area contributed by atoms with Crippen molar-refractivity contribution in [3.8, 4) is 5.88 Å². The number of aromatic nitrogens is 2. The van der Waals surface area contributed by atoms with Gasteiger partial charge in [0, 0.05) is 19.2 Å². The number of aryl methyl sites for hydroxylation is 1. The van der Waals surface area contributed by atoms with Crippen LogP contribution in [0.4, 0.5) is 0 Å². The van der Waals surface area contributed by atoms with Crippen molar-refractivity contribution in [2.45, 2.75) is 44.7 Å².